The first-order chi connectivity index (χ1) is 10.4. The highest BCUT2D eigenvalue weighted by Crippen LogP contribution is 2.19. The molecule has 1 aromatic heterocycles. The predicted molar refractivity (Wildman–Crippen MR) is 80.5 cm³/mol. The summed E-state index contributed by atoms with van der Waals surface area (Å²) in [6.45, 7) is 1.45. The summed E-state index contributed by atoms with van der Waals surface area (Å²) >= 11 is 1.21. The molecule has 5 nitrogen and oxygen atoms in total. The van der Waals surface area contributed by atoms with Gasteiger partial charge in [-0.05, 0) is 24.6 Å². The molecule has 0 spiro atoms. The van der Waals surface area contributed by atoms with Crippen LogP contribution in [-0.4, -0.2) is 40.0 Å². The molecule has 1 aromatic carbocycles. The Balaban J connectivity index is 2.09. The van der Waals surface area contributed by atoms with Crippen molar-refractivity contribution in [1.82, 2.24) is 9.88 Å². The topological polar surface area (TPSA) is 70.5 Å². The Hall–Kier alpha value is -2.28. The molecule has 0 aliphatic rings. The first-order valence-corrected chi connectivity index (χ1v) is 7.39. The first-order valence-electron chi connectivity index (χ1n) is 6.57. The number of benzene rings is 1. The summed E-state index contributed by atoms with van der Waals surface area (Å²) in [7, 11) is 1.44. The van der Waals surface area contributed by atoms with E-state index in [1.165, 1.54) is 43.6 Å². The molecular formula is C15H15FN2O3S. The number of thiazole rings is 1. The van der Waals surface area contributed by atoms with Crippen molar-refractivity contribution in [2.75, 3.05) is 7.05 Å². The number of aromatic nitrogens is 1. The second-order valence-corrected chi connectivity index (χ2v) is 5.97. The van der Waals surface area contributed by atoms with Crippen LogP contribution in [0.25, 0.3) is 0 Å². The number of hydrogen-bond donors (Lipinski definition) is 1. The number of nitrogens with zero attached hydrogens (tertiary/aromatic N) is 2. The van der Waals surface area contributed by atoms with Gasteiger partial charge in [-0.3, -0.25) is 4.79 Å². The summed E-state index contributed by atoms with van der Waals surface area (Å²) < 4.78 is 12.9. The van der Waals surface area contributed by atoms with E-state index in [2.05, 4.69) is 4.98 Å². The zero-order valence-corrected chi connectivity index (χ0v) is 12.9. The molecule has 0 radical (unpaired) electrons. The van der Waals surface area contributed by atoms with E-state index < -0.39 is 12.0 Å². The summed E-state index contributed by atoms with van der Waals surface area (Å²) in [4.78, 5) is 28.8. The first kappa shape index (κ1) is 16.1. The van der Waals surface area contributed by atoms with Crippen LogP contribution in [0.5, 0.6) is 0 Å². The molecule has 0 unspecified atom stereocenters. The highest BCUT2D eigenvalue weighted by Gasteiger charge is 2.24. The van der Waals surface area contributed by atoms with Crippen LogP contribution < -0.4 is 0 Å². The van der Waals surface area contributed by atoms with Crippen LogP contribution >= 0.6 is 11.3 Å². The number of amides is 1. The fourth-order valence-corrected chi connectivity index (χ4v) is 2.72. The third kappa shape index (κ3) is 3.67. The second-order valence-electron chi connectivity index (χ2n) is 4.85. The maximum Gasteiger partial charge on any atom is 0.326 e. The predicted octanol–water partition coefficient (Wildman–Crippen LogP) is 2.42. The molecule has 0 saturated heterocycles. The largest absolute Gasteiger partial charge is 0.480 e. The molecule has 116 valence electrons. The van der Waals surface area contributed by atoms with Crippen molar-refractivity contribution in [3.8, 4) is 0 Å². The smallest absolute Gasteiger partial charge is 0.326 e. The van der Waals surface area contributed by atoms with Crippen molar-refractivity contribution in [2.45, 2.75) is 19.4 Å². The molecule has 7 heteroatoms. The molecule has 22 heavy (non-hydrogen) atoms. The van der Waals surface area contributed by atoms with Gasteiger partial charge >= 0.3 is 5.97 Å². The molecule has 0 fully saturated rings. The van der Waals surface area contributed by atoms with Gasteiger partial charge < -0.3 is 10.0 Å². The van der Waals surface area contributed by atoms with Crippen LogP contribution in [0.15, 0.2) is 30.5 Å². The average molecular weight is 322 g/mol. The van der Waals surface area contributed by atoms with E-state index in [0.29, 0.717) is 16.3 Å². The Bertz CT molecular complexity index is 684. The molecule has 2 rings (SSSR count). The molecule has 1 amide bonds. The Labute approximate surface area is 131 Å². The molecule has 1 heterocycles. The summed E-state index contributed by atoms with van der Waals surface area (Å²) in [5, 5.41) is 9.65. The van der Waals surface area contributed by atoms with Gasteiger partial charge in [-0.2, -0.15) is 0 Å². The van der Waals surface area contributed by atoms with E-state index >= 15 is 0 Å². The van der Waals surface area contributed by atoms with Gasteiger partial charge in [0.2, 0.25) is 0 Å². The Morgan fingerprint density at radius 2 is 2.00 bits per heavy atom. The number of rotatable bonds is 5. The average Bonchev–Trinajstić information content (AvgIpc) is 2.95. The van der Waals surface area contributed by atoms with E-state index in [4.69, 9.17) is 5.11 Å². The number of aliphatic carboxylic acids is 1. The number of hydrogen-bond acceptors (Lipinski definition) is 4. The quantitative estimate of drug-likeness (QED) is 0.918. The van der Waals surface area contributed by atoms with Gasteiger partial charge in [-0.25, -0.2) is 14.2 Å². The van der Waals surface area contributed by atoms with Crippen LogP contribution in [0.1, 0.15) is 27.2 Å². The molecule has 0 aliphatic heterocycles. The van der Waals surface area contributed by atoms with Gasteiger partial charge in [-0.1, -0.05) is 12.1 Å². The maximum atomic E-state index is 12.9. The monoisotopic (exact) mass is 322 g/mol. The highest BCUT2D eigenvalue weighted by molar-refractivity contribution is 7.13. The van der Waals surface area contributed by atoms with Crippen molar-refractivity contribution < 1.29 is 19.1 Å². The summed E-state index contributed by atoms with van der Waals surface area (Å²) in [6, 6.07) is 5.16. The Kier molecular flexibility index (Phi) is 4.87. The third-order valence-electron chi connectivity index (χ3n) is 3.29. The molecule has 1 N–H and O–H groups in total. The summed E-state index contributed by atoms with van der Waals surface area (Å²) in [5.41, 5.74) is 0.891. The van der Waals surface area contributed by atoms with Gasteiger partial charge in [0.25, 0.3) is 5.91 Å². The molecule has 1 atom stereocenters. The zero-order chi connectivity index (χ0) is 16.3. The van der Waals surface area contributed by atoms with Crippen molar-refractivity contribution in [1.29, 1.82) is 0 Å². The Morgan fingerprint density at radius 3 is 2.59 bits per heavy atom. The van der Waals surface area contributed by atoms with Crippen molar-refractivity contribution in [3.05, 3.63) is 51.7 Å². The minimum absolute atomic E-state index is 0.303. The van der Waals surface area contributed by atoms with E-state index in [1.807, 2.05) is 0 Å². The van der Waals surface area contributed by atoms with Gasteiger partial charge in [0.15, 0.2) is 0 Å². The normalized spacial score (nSPS) is 12.0. The van der Waals surface area contributed by atoms with Gasteiger partial charge in [0.05, 0.1) is 11.2 Å². The lowest BCUT2D eigenvalue weighted by molar-refractivity contribution is -0.141. The van der Waals surface area contributed by atoms with Crippen LogP contribution in [0.3, 0.4) is 0 Å². The van der Waals surface area contributed by atoms with Gasteiger partial charge in [0.1, 0.15) is 16.7 Å². The van der Waals surface area contributed by atoms with Crippen molar-refractivity contribution >= 4 is 23.2 Å². The number of carbonyl (C=O) groups excluding carboxylic acids is 1. The second kappa shape index (κ2) is 6.65. The number of carbonyl (C=O) groups is 2. The Morgan fingerprint density at radius 1 is 1.36 bits per heavy atom. The van der Waals surface area contributed by atoms with Crippen molar-refractivity contribution in [2.24, 2.45) is 0 Å². The lowest BCUT2D eigenvalue weighted by Crippen LogP contribution is -2.39. The fraction of sp³-hybridized carbons (Fsp3) is 0.267. The van der Waals surface area contributed by atoms with Crippen LogP contribution in [0.2, 0.25) is 0 Å². The molecule has 0 saturated carbocycles. The molecule has 2 aromatic rings. The lowest BCUT2D eigenvalue weighted by Gasteiger charge is -2.20. The van der Waals surface area contributed by atoms with E-state index in [-0.39, 0.29) is 11.7 Å². The minimum Gasteiger partial charge on any atom is -0.480 e. The fourth-order valence-electron chi connectivity index (χ4n) is 1.78. The van der Waals surface area contributed by atoms with Crippen molar-refractivity contribution in [3.63, 3.8) is 0 Å². The summed E-state index contributed by atoms with van der Waals surface area (Å²) in [6.07, 6.45) is 1.94. The lowest BCUT2D eigenvalue weighted by atomic mass is 10.2. The standard InChI is InChI=1S/C15H15FN2O3S/c1-9(15(20)21)18(2)14(19)12-8-17-13(22-12)7-10-3-5-11(16)6-4-10/h3-6,8-9H,7H2,1-2H3,(H,20,21)/t9-/m0/s1. The maximum absolute atomic E-state index is 12.9. The number of carboxylic acid groups (broad SMARTS) is 1. The zero-order valence-electron chi connectivity index (χ0n) is 12.1. The number of carboxylic acids is 1. The van der Waals surface area contributed by atoms with Crippen LogP contribution in [-0.2, 0) is 11.2 Å². The van der Waals surface area contributed by atoms with Crippen LogP contribution in [0.4, 0.5) is 4.39 Å². The number of likely N-dealkylation sites (N-methyl/N-ethyl adjacent to an activating group) is 1. The van der Waals surface area contributed by atoms with Gasteiger partial charge in [0, 0.05) is 13.5 Å². The molecule has 0 bridgehead atoms. The summed E-state index contributed by atoms with van der Waals surface area (Å²) in [5.74, 6) is -1.74. The van der Waals surface area contributed by atoms with E-state index in [9.17, 15) is 14.0 Å². The van der Waals surface area contributed by atoms with E-state index in [1.54, 1.807) is 12.1 Å². The van der Waals surface area contributed by atoms with E-state index in [0.717, 1.165) is 10.5 Å². The number of halogens is 1. The molecular weight excluding hydrogens is 307 g/mol. The SMILES string of the molecule is C[C@@H](C(=O)O)N(C)C(=O)c1cnc(Cc2ccc(F)cc2)s1. The van der Waals surface area contributed by atoms with Gasteiger partial charge in [-0.15, -0.1) is 11.3 Å². The highest BCUT2D eigenvalue weighted by atomic mass is 32.1. The minimum atomic E-state index is -1.06. The third-order valence-corrected chi connectivity index (χ3v) is 4.28. The van der Waals surface area contributed by atoms with Crippen LogP contribution in [0, 0.1) is 5.82 Å². The molecule has 0 aliphatic carbocycles.